The van der Waals surface area contributed by atoms with Crippen molar-refractivity contribution in [2.24, 2.45) is 0 Å². The van der Waals surface area contributed by atoms with Gasteiger partial charge in [0.1, 0.15) is 6.04 Å². The van der Waals surface area contributed by atoms with Crippen LogP contribution in [0.4, 0.5) is 16.2 Å². The third-order valence-corrected chi connectivity index (χ3v) is 6.11. The van der Waals surface area contributed by atoms with Crippen molar-refractivity contribution in [3.63, 3.8) is 0 Å². The summed E-state index contributed by atoms with van der Waals surface area (Å²) < 4.78 is 4.97. The van der Waals surface area contributed by atoms with Gasteiger partial charge < -0.3 is 15.0 Å². The molecule has 0 radical (unpaired) electrons. The predicted octanol–water partition coefficient (Wildman–Crippen LogP) is 4.85. The monoisotopic (exact) mass is 499 g/mol. The minimum atomic E-state index is -0.965. The number of aryl methyl sites for hydroxylation is 2. The van der Waals surface area contributed by atoms with Crippen molar-refractivity contribution in [2.75, 3.05) is 16.8 Å². The van der Waals surface area contributed by atoms with Crippen LogP contribution in [0.3, 0.4) is 0 Å². The molecule has 4 amide bonds. The highest BCUT2D eigenvalue weighted by Crippen LogP contribution is 2.29. The fourth-order valence-electron chi connectivity index (χ4n) is 4.20. The van der Waals surface area contributed by atoms with Gasteiger partial charge in [-0.2, -0.15) is 0 Å². The van der Waals surface area contributed by atoms with Gasteiger partial charge in [0.05, 0.1) is 24.3 Å². The SMILES string of the molecule is CCOC(=O)c1ccc(NC(=O)CC2C(=O)N(c3cccc(C)c3)C(=O)N2Cc2ccc(C)cc2)cc1. The number of ether oxygens (including phenoxy) is 1. The number of hydrogen-bond acceptors (Lipinski definition) is 5. The fourth-order valence-corrected chi connectivity index (χ4v) is 4.20. The van der Waals surface area contributed by atoms with Crippen LogP contribution in [0.2, 0.25) is 0 Å². The van der Waals surface area contributed by atoms with Gasteiger partial charge in [0, 0.05) is 12.2 Å². The van der Waals surface area contributed by atoms with Crippen LogP contribution in [-0.2, 0) is 20.9 Å². The second-order valence-electron chi connectivity index (χ2n) is 8.97. The number of urea groups is 1. The lowest BCUT2D eigenvalue weighted by atomic mass is 10.1. The van der Waals surface area contributed by atoms with Crippen molar-refractivity contribution in [1.82, 2.24) is 4.90 Å². The van der Waals surface area contributed by atoms with Crippen molar-refractivity contribution in [2.45, 2.75) is 39.8 Å². The molecular formula is C29H29N3O5. The molecule has 0 saturated carbocycles. The number of imide groups is 1. The Kier molecular flexibility index (Phi) is 7.67. The van der Waals surface area contributed by atoms with E-state index in [1.807, 2.05) is 44.2 Å². The first-order chi connectivity index (χ1) is 17.8. The predicted molar refractivity (Wildman–Crippen MR) is 140 cm³/mol. The van der Waals surface area contributed by atoms with E-state index < -0.39 is 29.9 Å². The van der Waals surface area contributed by atoms with Crippen LogP contribution in [0.1, 0.15) is 40.4 Å². The first-order valence-corrected chi connectivity index (χ1v) is 12.1. The Balaban J connectivity index is 1.54. The number of carbonyl (C=O) groups excluding carboxylic acids is 4. The van der Waals surface area contributed by atoms with Crippen LogP contribution in [0.25, 0.3) is 0 Å². The summed E-state index contributed by atoms with van der Waals surface area (Å²) in [7, 11) is 0. The molecule has 1 unspecified atom stereocenters. The van der Waals surface area contributed by atoms with Gasteiger partial charge in [0.15, 0.2) is 0 Å². The summed E-state index contributed by atoms with van der Waals surface area (Å²) in [4.78, 5) is 54.4. The summed E-state index contributed by atoms with van der Waals surface area (Å²) in [6.45, 7) is 6.05. The van der Waals surface area contributed by atoms with E-state index >= 15 is 0 Å². The first-order valence-electron chi connectivity index (χ1n) is 12.1. The smallest absolute Gasteiger partial charge is 0.338 e. The number of anilines is 2. The molecule has 8 nitrogen and oxygen atoms in total. The number of nitrogens with zero attached hydrogens (tertiary/aromatic N) is 2. The van der Waals surface area contributed by atoms with E-state index in [9.17, 15) is 19.2 Å². The van der Waals surface area contributed by atoms with Crippen molar-refractivity contribution in [1.29, 1.82) is 0 Å². The van der Waals surface area contributed by atoms with Gasteiger partial charge in [-0.05, 0) is 68.3 Å². The Morgan fingerprint density at radius 3 is 2.27 bits per heavy atom. The number of amides is 4. The summed E-state index contributed by atoms with van der Waals surface area (Å²) in [5.41, 5.74) is 4.17. The van der Waals surface area contributed by atoms with E-state index in [4.69, 9.17) is 4.74 Å². The zero-order valence-corrected chi connectivity index (χ0v) is 21.1. The van der Waals surface area contributed by atoms with E-state index in [-0.39, 0.29) is 19.6 Å². The van der Waals surface area contributed by atoms with Gasteiger partial charge in [-0.1, -0.05) is 42.0 Å². The van der Waals surface area contributed by atoms with Gasteiger partial charge in [0.2, 0.25) is 5.91 Å². The lowest BCUT2D eigenvalue weighted by Gasteiger charge is -2.22. The molecular weight excluding hydrogens is 470 g/mol. The molecule has 190 valence electrons. The third-order valence-electron chi connectivity index (χ3n) is 6.11. The van der Waals surface area contributed by atoms with E-state index in [1.165, 1.54) is 4.90 Å². The average molecular weight is 500 g/mol. The second-order valence-corrected chi connectivity index (χ2v) is 8.97. The number of benzene rings is 3. The lowest BCUT2D eigenvalue weighted by Crippen LogP contribution is -2.37. The fraction of sp³-hybridized carbons (Fsp3) is 0.241. The largest absolute Gasteiger partial charge is 0.462 e. The van der Waals surface area contributed by atoms with Gasteiger partial charge in [-0.3, -0.25) is 9.59 Å². The normalized spacial score (nSPS) is 15.2. The number of hydrogen-bond donors (Lipinski definition) is 1. The van der Waals surface area contributed by atoms with E-state index in [0.717, 1.165) is 21.6 Å². The quantitative estimate of drug-likeness (QED) is 0.353. The van der Waals surface area contributed by atoms with Crippen molar-refractivity contribution in [3.05, 3.63) is 95.1 Å². The van der Waals surface area contributed by atoms with Crippen molar-refractivity contribution < 1.29 is 23.9 Å². The molecule has 1 aliphatic heterocycles. The Morgan fingerprint density at radius 1 is 0.919 bits per heavy atom. The third kappa shape index (κ3) is 5.86. The molecule has 3 aromatic carbocycles. The number of carbonyl (C=O) groups is 4. The molecule has 0 spiro atoms. The topological polar surface area (TPSA) is 96.0 Å². The maximum Gasteiger partial charge on any atom is 0.338 e. The molecule has 0 bridgehead atoms. The zero-order valence-electron chi connectivity index (χ0n) is 21.1. The average Bonchev–Trinajstić information content (AvgIpc) is 3.09. The van der Waals surface area contributed by atoms with Crippen LogP contribution in [0.15, 0.2) is 72.8 Å². The van der Waals surface area contributed by atoms with Crippen LogP contribution < -0.4 is 10.2 Å². The maximum atomic E-state index is 13.5. The Morgan fingerprint density at radius 2 is 1.62 bits per heavy atom. The standard InChI is InChI=1S/C29H29N3O5/c1-4-37-28(35)22-12-14-23(15-13-22)30-26(33)17-25-27(34)32(24-7-5-6-20(3)16-24)29(36)31(25)18-21-10-8-19(2)9-11-21/h5-16,25H,4,17-18H2,1-3H3,(H,30,33). The van der Waals surface area contributed by atoms with E-state index in [0.29, 0.717) is 16.9 Å². The highest BCUT2D eigenvalue weighted by molar-refractivity contribution is 6.22. The number of esters is 1. The van der Waals surface area contributed by atoms with Gasteiger partial charge in [0.25, 0.3) is 5.91 Å². The van der Waals surface area contributed by atoms with E-state index in [1.54, 1.807) is 49.4 Å². The molecule has 1 N–H and O–H groups in total. The number of nitrogens with one attached hydrogen (secondary N) is 1. The highest BCUT2D eigenvalue weighted by atomic mass is 16.5. The van der Waals surface area contributed by atoms with Gasteiger partial charge >= 0.3 is 12.0 Å². The Labute approximate surface area is 215 Å². The Bertz CT molecular complexity index is 1320. The minimum Gasteiger partial charge on any atom is -0.462 e. The molecule has 1 fully saturated rings. The van der Waals surface area contributed by atoms with E-state index in [2.05, 4.69) is 5.32 Å². The first kappa shape index (κ1) is 25.6. The van der Waals surface area contributed by atoms with Crippen LogP contribution >= 0.6 is 0 Å². The molecule has 8 heteroatoms. The van der Waals surface area contributed by atoms with Gasteiger partial charge in [-0.15, -0.1) is 0 Å². The molecule has 1 aliphatic rings. The maximum absolute atomic E-state index is 13.5. The molecule has 4 rings (SSSR count). The van der Waals surface area contributed by atoms with Crippen LogP contribution in [-0.4, -0.2) is 41.4 Å². The molecule has 0 aliphatic carbocycles. The molecule has 3 aromatic rings. The molecule has 0 aromatic heterocycles. The number of rotatable bonds is 8. The highest BCUT2D eigenvalue weighted by Gasteiger charge is 2.46. The molecule has 1 atom stereocenters. The van der Waals surface area contributed by atoms with Crippen molar-refractivity contribution in [3.8, 4) is 0 Å². The summed E-state index contributed by atoms with van der Waals surface area (Å²) in [6.07, 6.45) is -0.210. The summed E-state index contributed by atoms with van der Waals surface area (Å²) in [5, 5.41) is 2.76. The molecule has 1 heterocycles. The molecule has 1 saturated heterocycles. The second kappa shape index (κ2) is 11.1. The van der Waals surface area contributed by atoms with Crippen LogP contribution in [0, 0.1) is 13.8 Å². The van der Waals surface area contributed by atoms with Crippen LogP contribution in [0.5, 0.6) is 0 Å². The Hall–Kier alpha value is -4.46. The minimum absolute atomic E-state index is 0.194. The van der Waals surface area contributed by atoms with Crippen molar-refractivity contribution >= 4 is 35.2 Å². The molecule has 37 heavy (non-hydrogen) atoms. The van der Waals surface area contributed by atoms with Gasteiger partial charge in [-0.25, -0.2) is 14.5 Å². The summed E-state index contributed by atoms with van der Waals surface area (Å²) >= 11 is 0. The summed E-state index contributed by atoms with van der Waals surface area (Å²) in [5.74, 6) is -1.32. The lowest BCUT2D eigenvalue weighted by molar-refractivity contribution is -0.124. The summed E-state index contributed by atoms with van der Waals surface area (Å²) in [6, 6.07) is 19.7. The zero-order chi connectivity index (χ0) is 26.5.